The molecule has 0 aliphatic carbocycles. The topological polar surface area (TPSA) is 37.4 Å². The molecule has 2 rings (SSSR count). The Bertz CT molecular complexity index is 627. The van der Waals surface area contributed by atoms with Crippen molar-refractivity contribution in [3.63, 3.8) is 0 Å². The van der Waals surface area contributed by atoms with Crippen LogP contribution in [0.3, 0.4) is 0 Å². The van der Waals surface area contributed by atoms with E-state index in [0.29, 0.717) is 31.0 Å². The molecule has 0 amide bonds. The molecule has 1 aliphatic rings. The number of unbranched alkanes of at least 4 members (excludes halogenated alkanes) is 8. The number of hydrogen-bond acceptors (Lipinski definition) is 4. The van der Waals surface area contributed by atoms with Gasteiger partial charge >= 0.3 is 0 Å². The zero-order valence-corrected chi connectivity index (χ0v) is 21.6. The molecular formula is C28H47NO2S. The lowest BCUT2D eigenvalue weighted by molar-refractivity contribution is -0.127. The van der Waals surface area contributed by atoms with Crippen LogP contribution in [-0.2, 0) is 9.59 Å². The van der Waals surface area contributed by atoms with Crippen molar-refractivity contribution in [2.24, 2.45) is 5.92 Å². The van der Waals surface area contributed by atoms with E-state index >= 15 is 0 Å². The summed E-state index contributed by atoms with van der Waals surface area (Å²) in [5.74, 6) is 1.35. The summed E-state index contributed by atoms with van der Waals surface area (Å²) in [7, 11) is 0. The van der Waals surface area contributed by atoms with Gasteiger partial charge in [-0.1, -0.05) is 77.7 Å². The summed E-state index contributed by atoms with van der Waals surface area (Å²) in [6, 6.07) is 4.40. The fourth-order valence-electron chi connectivity index (χ4n) is 4.93. The molecular weight excluding hydrogens is 414 g/mol. The summed E-state index contributed by atoms with van der Waals surface area (Å²) in [4.78, 5) is 29.4. The Labute approximate surface area is 201 Å². The molecule has 2 unspecified atom stereocenters. The molecule has 2 atom stereocenters. The summed E-state index contributed by atoms with van der Waals surface area (Å²) < 4.78 is 0. The number of hydrogen-bond donors (Lipinski definition) is 0. The standard InChI is InChI=1S/C28H47NO2S/c1-3-5-7-9-10-11-14-24(27(31)18-17-26(30)15-12-8-6-4-2)22-29-20-19-25(23-29)28-16-13-21-32-28/h13,16,21,24-25H,3-12,14-15,17-20,22-23H2,1-2H3. The normalized spacial score (nSPS) is 17.6. The Kier molecular flexibility index (Phi) is 14.1. The lowest BCUT2D eigenvalue weighted by Crippen LogP contribution is -2.32. The molecule has 0 N–H and O–H groups in total. The maximum absolute atomic E-state index is 13.1. The molecule has 0 spiro atoms. The van der Waals surface area contributed by atoms with E-state index in [-0.39, 0.29) is 11.7 Å². The second-order valence-electron chi connectivity index (χ2n) is 9.83. The molecule has 32 heavy (non-hydrogen) atoms. The molecule has 2 heterocycles. The minimum atomic E-state index is 0.108. The van der Waals surface area contributed by atoms with Crippen LogP contribution in [0.1, 0.15) is 121 Å². The van der Waals surface area contributed by atoms with Crippen molar-refractivity contribution < 1.29 is 9.59 Å². The van der Waals surface area contributed by atoms with E-state index in [1.54, 1.807) is 0 Å². The van der Waals surface area contributed by atoms with Crippen LogP contribution in [0.4, 0.5) is 0 Å². The average Bonchev–Trinajstić information content (AvgIpc) is 3.48. The molecule has 3 nitrogen and oxygen atoms in total. The Morgan fingerprint density at radius 2 is 1.69 bits per heavy atom. The third kappa shape index (κ3) is 10.7. The number of thiophene rings is 1. The summed E-state index contributed by atoms with van der Waals surface area (Å²) in [5.41, 5.74) is 0. The summed E-state index contributed by atoms with van der Waals surface area (Å²) in [5, 5.41) is 2.17. The molecule has 1 aromatic rings. The third-order valence-electron chi connectivity index (χ3n) is 7.02. The number of nitrogens with zero attached hydrogens (tertiary/aromatic N) is 1. The molecule has 0 radical (unpaired) electrons. The molecule has 1 aliphatic heterocycles. The van der Waals surface area contributed by atoms with Gasteiger partial charge in [0, 0.05) is 49.1 Å². The number of carbonyl (C=O) groups excluding carboxylic acids is 2. The molecule has 4 heteroatoms. The van der Waals surface area contributed by atoms with Crippen LogP contribution in [0.5, 0.6) is 0 Å². The van der Waals surface area contributed by atoms with Crippen LogP contribution in [-0.4, -0.2) is 36.1 Å². The monoisotopic (exact) mass is 461 g/mol. The molecule has 1 fully saturated rings. The van der Waals surface area contributed by atoms with Gasteiger partial charge in [-0.15, -0.1) is 11.3 Å². The molecule has 1 aromatic heterocycles. The van der Waals surface area contributed by atoms with Gasteiger partial charge in [-0.25, -0.2) is 0 Å². The van der Waals surface area contributed by atoms with E-state index < -0.39 is 0 Å². The number of rotatable bonds is 19. The van der Waals surface area contributed by atoms with Crippen molar-refractivity contribution in [2.45, 2.75) is 116 Å². The summed E-state index contributed by atoms with van der Waals surface area (Å²) >= 11 is 1.86. The molecule has 0 bridgehead atoms. The first-order chi connectivity index (χ1) is 15.6. The Morgan fingerprint density at radius 3 is 2.41 bits per heavy atom. The quantitative estimate of drug-likeness (QED) is 0.197. The molecule has 182 valence electrons. The lowest BCUT2D eigenvalue weighted by atomic mass is 9.92. The Morgan fingerprint density at radius 1 is 0.969 bits per heavy atom. The van der Waals surface area contributed by atoms with Gasteiger partial charge in [0.2, 0.25) is 0 Å². The average molecular weight is 462 g/mol. The van der Waals surface area contributed by atoms with Crippen LogP contribution in [0, 0.1) is 5.92 Å². The van der Waals surface area contributed by atoms with Crippen molar-refractivity contribution >= 4 is 22.9 Å². The van der Waals surface area contributed by atoms with Crippen molar-refractivity contribution in [3.8, 4) is 0 Å². The fourth-order valence-corrected chi connectivity index (χ4v) is 5.79. The zero-order chi connectivity index (χ0) is 23.0. The first-order valence-corrected chi connectivity index (χ1v) is 14.3. The van der Waals surface area contributed by atoms with E-state index in [2.05, 4.69) is 36.3 Å². The zero-order valence-electron chi connectivity index (χ0n) is 20.8. The van der Waals surface area contributed by atoms with Gasteiger partial charge in [0.25, 0.3) is 0 Å². The first-order valence-electron chi connectivity index (χ1n) is 13.4. The van der Waals surface area contributed by atoms with Gasteiger partial charge in [0.05, 0.1) is 0 Å². The number of likely N-dealkylation sites (tertiary alicyclic amines) is 1. The third-order valence-corrected chi connectivity index (χ3v) is 8.05. The number of ketones is 2. The maximum atomic E-state index is 13.1. The number of Topliss-reactive ketones (excluding diaryl/α,β-unsaturated/α-hetero) is 2. The van der Waals surface area contributed by atoms with E-state index in [1.807, 2.05) is 11.3 Å². The minimum absolute atomic E-state index is 0.108. The van der Waals surface area contributed by atoms with Gasteiger partial charge in [-0.2, -0.15) is 0 Å². The van der Waals surface area contributed by atoms with E-state index in [0.717, 1.165) is 45.3 Å². The maximum Gasteiger partial charge on any atom is 0.137 e. The van der Waals surface area contributed by atoms with Crippen molar-refractivity contribution in [1.29, 1.82) is 0 Å². The fraction of sp³-hybridized carbons (Fsp3) is 0.786. The number of carbonyl (C=O) groups is 2. The predicted molar refractivity (Wildman–Crippen MR) is 138 cm³/mol. The minimum Gasteiger partial charge on any atom is -0.302 e. The van der Waals surface area contributed by atoms with Crippen LogP contribution in [0.15, 0.2) is 17.5 Å². The van der Waals surface area contributed by atoms with Gasteiger partial charge in [0.15, 0.2) is 0 Å². The summed E-state index contributed by atoms with van der Waals surface area (Å²) in [6.07, 6.45) is 15.9. The van der Waals surface area contributed by atoms with E-state index in [4.69, 9.17) is 0 Å². The lowest BCUT2D eigenvalue weighted by Gasteiger charge is -2.23. The van der Waals surface area contributed by atoms with Crippen molar-refractivity contribution in [1.82, 2.24) is 4.90 Å². The van der Waals surface area contributed by atoms with Crippen LogP contribution >= 0.6 is 11.3 Å². The second kappa shape index (κ2) is 16.6. The highest BCUT2D eigenvalue weighted by Gasteiger charge is 2.28. The Balaban J connectivity index is 1.79. The highest BCUT2D eigenvalue weighted by Crippen LogP contribution is 2.31. The highest BCUT2D eigenvalue weighted by molar-refractivity contribution is 7.10. The Hall–Kier alpha value is -1.00. The van der Waals surface area contributed by atoms with Crippen LogP contribution in [0.2, 0.25) is 0 Å². The highest BCUT2D eigenvalue weighted by atomic mass is 32.1. The van der Waals surface area contributed by atoms with Crippen LogP contribution < -0.4 is 0 Å². The van der Waals surface area contributed by atoms with Gasteiger partial charge in [-0.05, 0) is 37.3 Å². The predicted octanol–water partition coefficient (Wildman–Crippen LogP) is 7.79. The molecule has 0 saturated carbocycles. The van der Waals surface area contributed by atoms with Gasteiger partial charge in [-0.3, -0.25) is 9.59 Å². The molecule has 0 aromatic carbocycles. The smallest absolute Gasteiger partial charge is 0.137 e. The molecule has 1 saturated heterocycles. The van der Waals surface area contributed by atoms with E-state index in [1.165, 1.54) is 56.2 Å². The van der Waals surface area contributed by atoms with Crippen LogP contribution in [0.25, 0.3) is 0 Å². The van der Waals surface area contributed by atoms with Crippen molar-refractivity contribution in [3.05, 3.63) is 22.4 Å². The largest absolute Gasteiger partial charge is 0.302 e. The second-order valence-corrected chi connectivity index (χ2v) is 10.8. The van der Waals surface area contributed by atoms with Gasteiger partial charge in [0.1, 0.15) is 11.6 Å². The van der Waals surface area contributed by atoms with Crippen molar-refractivity contribution in [2.75, 3.05) is 19.6 Å². The summed E-state index contributed by atoms with van der Waals surface area (Å²) in [6.45, 7) is 7.50. The van der Waals surface area contributed by atoms with E-state index in [9.17, 15) is 9.59 Å². The SMILES string of the molecule is CCCCCCCCC(CN1CCC(c2cccs2)C1)C(=O)CCC(=O)CCCCCC. The van der Waals surface area contributed by atoms with Gasteiger partial charge < -0.3 is 4.90 Å². The first kappa shape index (κ1) is 27.2.